The van der Waals surface area contributed by atoms with Gasteiger partial charge in [0.1, 0.15) is 5.15 Å². The van der Waals surface area contributed by atoms with Crippen LogP contribution >= 0.6 is 11.6 Å². The highest BCUT2D eigenvalue weighted by Crippen LogP contribution is 2.09. The molecule has 6 nitrogen and oxygen atoms in total. The number of pyridine rings is 1. The number of hydrogen-bond donors (Lipinski definition) is 0. The van der Waals surface area contributed by atoms with Crippen molar-refractivity contribution in [3.8, 4) is 0 Å². The maximum atomic E-state index is 10.4. The van der Waals surface area contributed by atoms with Gasteiger partial charge in [0.05, 0.1) is 23.9 Å². The van der Waals surface area contributed by atoms with Crippen LogP contribution < -0.4 is 0 Å². The number of aromatic nitrogens is 3. The van der Waals surface area contributed by atoms with Crippen LogP contribution in [0.3, 0.4) is 0 Å². The molecule has 0 unspecified atom stereocenters. The number of nitro groups is 1. The van der Waals surface area contributed by atoms with Gasteiger partial charge in [0.25, 0.3) is 0 Å². The molecule has 0 saturated carbocycles. The molecule has 2 heterocycles. The maximum Gasteiger partial charge on any atom is 0.389 e. The summed E-state index contributed by atoms with van der Waals surface area (Å²) in [4.78, 5) is 13.8. The van der Waals surface area contributed by atoms with Crippen LogP contribution in [-0.4, -0.2) is 19.7 Å². The van der Waals surface area contributed by atoms with E-state index >= 15 is 0 Å². The Morgan fingerprint density at radius 3 is 2.81 bits per heavy atom. The van der Waals surface area contributed by atoms with E-state index in [1.54, 1.807) is 24.5 Å². The van der Waals surface area contributed by atoms with E-state index in [1.165, 1.54) is 10.7 Å². The van der Waals surface area contributed by atoms with Crippen molar-refractivity contribution in [1.82, 2.24) is 14.8 Å². The van der Waals surface area contributed by atoms with Crippen LogP contribution in [0.2, 0.25) is 5.15 Å². The maximum absolute atomic E-state index is 10.4. The second kappa shape index (κ2) is 4.28. The zero-order valence-corrected chi connectivity index (χ0v) is 8.83. The average molecular weight is 239 g/mol. The van der Waals surface area contributed by atoms with Crippen molar-refractivity contribution < 1.29 is 4.92 Å². The Kier molecular flexibility index (Phi) is 2.82. The van der Waals surface area contributed by atoms with Crippen molar-refractivity contribution in [3.05, 3.63) is 51.4 Å². The topological polar surface area (TPSA) is 73.8 Å². The van der Waals surface area contributed by atoms with Crippen molar-refractivity contribution >= 4 is 17.4 Å². The van der Waals surface area contributed by atoms with Gasteiger partial charge in [-0.05, 0) is 16.6 Å². The Balaban J connectivity index is 2.14. The van der Waals surface area contributed by atoms with Crippen LogP contribution in [0.5, 0.6) is 0 Å². The van der Waals surface area contributed by atoms with Gasteiger partial charge in [-0.2, -0.15) is 4.68 Å². The first kappa shape index (κ1) is 10.6. The molecule has 0 aromatic carbocycles. The van der Waals surface area contributed by atoms with Crippen LogP contribution in [-0.2, 0) is 6.54 Å². The van der Waals surface area contributed by atoms with Gasteiger partial charge in [-0.1, -0.05) is 17.7 Å². The molecule has 2 aromatic rings. The monoisotopic (exact) mass is 238 g/mol. The molecule has 0 N–H and O–H groups in total. The van der Waals surface area contributed by atoms with E-state index in [4.69, 9.17) is 11.6 Å². The van der Waals surface area contributed by atoms with Gasteiger partial charge in [-0.25, -0.2) is 4.98 Å². The first-order chi connectivity index (χ1) is 7.65. The summed E-state index contributed by atoms with van der Waals surface area (Å²) in [5, 5.41) is 14.6. The quantitative estimate of drug-likeness (QED) is 0.465. The molecular formula is C9H7ClN4O2. The lowest BCUT2D eigenvalue weighted by Crippen LogP contribution is -2.01. The van der Waals surface area contributed by atoms with Gasteiger partial charge >= 0.3 is 5.82 Å². The SMILES string of the molecule is O=[N+]([O-])c1ccn(Cc2ccc(Cl)nc2)n1. The molecule has 0 aliphatic rings. The fraction of sp³-hybridized carbons (Fsp3) is 0.111. The minimum Gasteiger partial charge on any atom is -0.358 e. The number of halogens is 1. The summed E-state index contributed by atoms with van der Waals surface area (Å²) in [6, 6.07) is 4.81. The second-order valence-corrected chi connectivity index (χ2v) is 3.51. The summed E-state index contributed by atoms with van der Waals surface area (Å²) >= 11 is 5.64. The summed E-state index contributed by atoms with van der Waals surface area (Å²) in [6.45, 7) is 0.429. The smallest absolute Gasteiger partial charge is 0.358 e. The van der Waals surface area contributed by atoms with Crippen LogP contribution in [0.25, 0.3) is 0 Å². The molecule has 2 aromatic heterocycles. The largest absolute Gasteiger partial charge is 0.389 e. The van der Waals surface area contributed by atoms with E-state index in [0.29, 0.717) is 11.7 Å². The lowest BCUT2D eigenvalue weighted by Gasteiger charge is -1.97. The molecule has 0 aliphatic heterocycles. The van der Waals surface area contributed by atoms with E-state index in [1.807, 2.05) is 0 Å². The fourth-order valence-corrected chi connectivity index (χ4v) is 1.34. The minimum absolute atomic E-state index is 0.165. The van der Waals surface area contributed by atoms with E-state index in [0.717, 1.165) is 5.56 Å². The Bertz CT molecular complexity index is 508. The summed E-state index contributed by atoms with van der Waals surface area (Å²) < 4.78 is 1.48. The summed E-state index contributed by atoms with van der Waals surface area (Å²) in [5.41, 5.74) is 0.877. The van der Waals surface area contributed by atoms with Gasteiger partial charge in [0.2, 0.25) is 0 Å². The second-order valence-electron chi connectivity index (χ2n) is 3.12. The molecule has 2 rings (SSSR count). The predicted octanol–water partition coefficient (Wildman–Crippen LogP) is 1.89. The summed E-state index contributed by atoms with van der Waals surface area (Å²) in [6.07, 6.45) is 3.16. The van der Waals surface area contributed by atoms with Gasteiger partial charge in [0.15, 0.2) is 0 Å². The predicted molar refractivity (Wildman–Crippen MR) is 57.2 cm³/mol. The van der Waals surface area contributed by atoms with Gasteiger partial charge in [0, 0.05) is 6.20 Å². The highest BCUT2D eigenvalue weighted by molar-refractivity contribution is 6.29. The van der Waals surface area contributed by atoms with Crippen LogP contribution in [0, 0.1) is 10.1 Å². The molecule has 0 radical (unpaired) electrons. The van der Waals surface area contributed by atoms with Gasteiger partial charge in [-0.15, -0.1) is 0 Å². The highest BCUT2D eigenvalue weighted by atomic mass is 35.5. The first-order valence-corrected chi connectivity index (χ1v) is 4.81. The molecule has 16 heavy (non-hydrogen) atoms. The number of rotatable bonds is 3. The number of nitrogens with zero attached hydrogens (tertiary/aromatic N) is 4. The Hall–Kier alpha value is -1.95. The standard InChI is InChI=1S/C9H7ClN4O2/c10-8-2-1-7(5-11-8)6-13-4-3-9(12-13)14(15)16/h1-5H,6H2. The van der Waals surface area contributed by atoms with Crippen molar-refractivity contribution in [2.45, 2.75) is 6.54 Å². The molecule has 0 amide bonds. The molecule has 0 saturated heterocycles. The summed E-state index contributed by atoms with van der Waals surface area (Å²) in [5.74, 6) is -0.165. The van der Waals surface area contributed by atoms with Crippen LogP contribution in [0.4, 0.5) is 5.82 Å². The normalized spacial score (nSPS) is 10.3. The van der Waals surface area contributed by atoms with E-state index < -0.39 is 4.92 Å². The zero-order valence-electron chi connectivity index (χ0n) is 8.08. The van der Waals surface area contributed by atoms with Gasteiger partial charge < -0.3 is 10.1 Å². The molecule has 0 atom stereocenters. The molecule has 0 bridgehead atoms. The first-order valence-electron chi connectivity index (χ1n) is 4.43. The Labute approximate surface area is 95.6 Å². The molecule has 0 aliphatic carbocycles. The third-order valence-corrected chi connectivity index (χ3v) is 2.17. The minimum atomic E-state index is -0.531. The summed E-state index contributed by atoms with van der Waals surface area (Å²) in [7, 11) is 0. The van der Waals surface area contributed by atoms with Crippen LogP contribution in [0.15, 0.2) is 30.6 Å². The van der Waals surface area contributed by atoms with E-state index in [-0.39, 0.29) is 5.82 Å². The van der Waals surface area contributed by atoms with Gasteiger partial charge in [-0.3, -0.25) is 0 Å². The van der Waals surface area contributed by atoms with Crippen LogP contribution in [0.1, 0.15) is 5.56 Å². The highest BCUT2D eigenvalue weighted by Gasteiger charge is 2.10. The van der Waals surface area contributed by atoms with E-state index in [9.17, 15) is 10.1 Å². The molecule has 0 spiro atoms. The molecule has 0 fully saturated rings. The van der Waals surface area contributed by atoms with Crippen molar-refractivity contribution in [1.29, 1.82) is 0 Å². The third kappa shape index (κ3) is 2.34. The van der Waals surface area contributed by atoms with Crippen molar-refractivity contribution in [2.24, 2.45) is 0 Å². The lowest BCUT2D eigenvalue weighted by atomic mass is 10.3. The number of hydrogen-bond acceptors (Lipinski definition) is 4. The molecule has 82 valence electrons. The average Bonchev–Trinajstić information content (AvgIpc) is 2.70. The van der Waals surface area contributed by atoms with Crippen molar-refractivity contribution in [2.75, 3.05) is 0 Å². The third-order valence-electron chi connectivity index (χ3n) is 1.95. The van der Waals surface area contributed by atoms with Crippen molar-refractivity contribution in [3.63, 3.8) is 0 Å². The molecule has 7 heteroatoms. The molecular weight excluding hydrogens is 232 g/mol. The lowest BCUT2D eigenvalue weighted by molar-refractivity contribution is -0.389. The zero-order chi connectivity index (χ0) is 11.5. The fourth-order valence-electron chi connectivity index (χ4n) is 1.22. The Morgan fingerprint density at radius 1 is 1.44 bits per heavy atom. The van der Waals surface area contributed by atoms with E-state index in [2.05, 4.69) is 10.1 Å². The Morgan fingerprint density at radius 2 is 2.25 bits per heavy atom.